The molecular weight excluding hydrogens is 412 g/mol. The molecule has 2 unspecified atom stereocenters. The fourth-order valence-corrected chi connectivity index (χ4v) is 6.08. The molecule has 0 aliphatic rings. The van der Waals surface area contributed by atoms with E-state index in [2.05, 4.69) is 0 Å². The summed E-state index contributed by atoms with van der Waals surface area (Å²) in [6, 6.07) is 21.1. The van der Waals surface area contributed by atoms with Gasteiger partial charge in [0.2, 0.25) is 0 Å². The second-order valence-corrected chi connectivity index (χ2v) is 9.90. The fourth-order valence-electron chi connectivity index (χ4n) is 4.15. The van der Waals surface area contributed by atoms with E-state index in [1.807, 2.05) is 24.3 Å². The van der Waals surface area contributed by atoms with E-state index < -0.39 is 33.6 Å². The first kappa shape index (κ1) is 21.1. The van der Waals surface area contributed by atoms with Crippen LogP contribution in [0.4, 0.5) is 11.4 Å². The van der Waals surface area contributed by atoms with E-state index in [9.17, 15) is 18.6 Å². The Bertz CT molecular complexity index is 1270. The Balaban J connectivity index is 1.90. The molecule has 0 saturated carbocycles. The van der Waals surface area contributed by atoms with Gasteiger partial charge in [-0.25, -0.2) is 8.42 Å². The maximum Gasteiger partial charge on any atom is 0.168 e. The van der Waals surface area contributed by atoms with Gasteiger partial charge in [0.05, 0.1) is 13.2 Å². The number of aliphatic hydroxyl groups excluding tert-OH is 2. The molecule has 0 bridgehead atoms. The summed E-state index contributed by atoms with van der Waals surface area (Å²) >= 11 is 0. The van der Waals surface area contributed by atoms with Crippen molar-refractivity contribution >= 4 is 42.8 Å². The predicted octanol–water partition coefficient (Wildman–Crippen LogP) is 3.34. The van der Waals surface area contributed by atoms with Gasteiger partial charge in [-0.2, -0.15) is 0 Å². The lowest BCUT2D eigenvalue weighted by Gasteiger charge is -2.25. The van der Waals surface area contributed by atoms with Crippen LogP contribution in [0.15, 0.2) is 72.8 Å². The summed E-state index contributed by atoms with van der Waals surface area (Å²) in [5.74, 6) is 0. The molecule has 6 N–H and O–H groups in total. The van der Waals surface area contributed by atoms with Crippen LogP contribution in [0.3, 0.4) is 0 Å². The second kappa shape index (κ2) is 8.19. The highest BCUT2D eigenvalue weighted by atomic mass is 32.2. The molecule has 0 spiro atoms. The molecule has 31 heavy (non-hydrogen) atoms. The Kier molecular flexibility index (Phi) is 5.58. The minimum atomic E-state index is -4.06. The maximum atomic E-state index is 13.8. The molecule has 0 amide bonds. The van der Waals surface area contributed by atoms with Crippen molar-refractivity contribution in [1.82, 2.24) is 0 Å². The number of hydrogen-bond donors (Lipinski definition) is 4. The van der Waals surface area contributed by atoms with E-state index in [0.29, 0.717) is 33.3 Å². The highest BCUT2D eigenvalue weighted by molar-refractivity contribution is 7.92. The van der Waals surface area contributed by atoms with Gasteiger partial charge < -0.3 is 21.7 Å². The molecule has 0 saturated heterocycles. The molecule has 0 aromatic heterocycles. The average Bonchev–Trinajstić information content (AvgIpc) is 2.75. The van der Waals surface area contributed by atoms with Gasteiger partial charge in [-0.05, 0) is 56.9 Å². The molecule has 7 heteroatoms. The van der Waals surface area contributed by atoms with E-state index in [0.717, 1.165) is 10.8 Å². The highest BCUT2D eigenvalue weighted by Crippen LogP contribution is 2.39. The Hall–Kier alpha value is -3.13. The lowest BCUT2D eigenvalue weighted by molar-refractivity contribution is 0.279. The first-order valence-electron chi connectivity index (χ1n) is 9.87. The Labute approximate surface area is 180 Å². The van der Waals surface area contributed by atoms with Crippen LogP contribution in [0, 0.1) is 0 Å². The van der Waals surface area contributed by atoms with E-state index in [4.69, 9.17) is 11.5 Å². The molecule has 2 atom stereocenters. The fraction of sp³-hybridized carbons (Fsp3) is 0.167. The van der Waals surface area contributed by atoms with Crippen LogP contribution in [0.2, 0.25) is 0 Å². The third kappa shape index (κ3) is 3.72. The molecule has 0 radical (unpaired) electrons. The lowest BCUT2D eigenvalue weighted by atomic mass is 10.0. The topological polar surface area (TPSA) is 127 Å². The molecule has 160 valence electrons. The summed E-state index contributed by atoms with van der Waals surface area (Å²) in [6.45, 7) is -1.25. The Morgan fingerprint density at radius 3 is 1.48 bits per heavy atom. The van der Waals surface area contributed by atoms with Crippen molar-refractivity contribution in [2.24, 2.45) is 0 Å². The van der Waals surface area contributed by atoms with Crippen molar-refractivity contribution in [2.45, 2.75) is 10.5 Å². The average molecular weight is 437 g/mol. The molecule has 0 aliphatic carbocycles. The Morgan fingerprint density at radius 1 is 0.677 bits per heavy atom. The maximum absolute atomic E-state index is 13.8. The summed E-state index contributed by atoms with van der Waals surface area (Å²) in [7, 11) is -4.06. The number of rotatable bonds is 6. The van der Waals surface area contributed by atoms with Gasteiger partial charge in [-0.3, -0.25) is 0 Å². The monoisotopic (exact) mass is 436 g/mol. The van der Waals surface area contributed by atoms with Crippen LogP contribution >= 0.6 is 0 Å². The zero-order chi connectivity index (χ0) is 22.2. The smallest absolute Gasteiger partial charge is 0.168 e. The van der Waals surface area contributed by atoms with E-state index in [1.165, 1.54) is 0 Å². The molecule has 4 aromatic carbocycles. The zero-order valence-electron chi connectivity index (χ0n) is 16.8. The number of sulfone groups is 1. The summed E-state index contributed by atoms with van der Waals surface area (Å²) in [5.41, 5.74) is 13.8. The van der Waals surface area contributed by atoms with Crippen LogP contribution < -0.4 is 11.5 Å². The van der Waals surface area contributed by atoms with Crippen LogP contribution in [-0.4, -0.2) is 31.8 Å². The molecule has 6 nitrogen and oxygen atoms in total. The van der Waals surface area contributed by atoms with Crippen molar-refractivity contribution in [3.8, 4) is 0 Å². The Morgan fingerprint density at radius 2 is 1.10 bits per heavy atom. The van der Waals surface area contributed by atoms with Gasteiger partial charge in [0.15, 0.2) is 9.84 Å². The van der Waals surface area contributed by atoms with E-state index >= 15 is 0 Å². The first-order chi connectivity index (χ1) is 14.9. The molecule has 0 heterocycles. The minimum absolute atomic E-state index is 0.450. The van der Waals surface area contributed by atoms with Crippen molar-refractivity contribution in [1.29, 1.82) is 0 Å². The minimum Gasteiger partial charge on any atom is -0.399 e. The van der Waals surface area contributed by atoms with Crippen molar-refractivity contribution in [3.63, 3.8) is 0 Å². The number of aliphatic hydroxyl groups is 2. The van der Waals surface area contributed by atoms with Gasteiger partial charge in [0, 0.05) is 11.4 Å². The van der Waals surface area contributed by atoms with Gasteiger partial charge in [0.1, 0.15) is 10.5 Å². The zero-order valence-corrected chi connectivity index (χ0v) is 17.6. The van der Waals surface area contributed by atoms with E-state index in [-0.39, 0.29) is 0 Å². The van der Waals surface area contributed by atoms with Crippen molar-refractivity contribution < 1.29 is 18.6 Å². The molecule has 4 rings (SSSR count). The quantitative estimate of drug-likeness (QED) is 0.343. The van der Waals surface area contributed by atoms with Crippen molar-refractivity contribution in [2.75, 3.05) is 24.7 Å². The molecular formula is C24H24N2O4S. The SMILES string of the molecule is Nc1ccc2cccc(C(CO)S(=O)(=O)C(CO)c3cccc4ccc(N)cc34)c2c1. The number of fused-ring (bicyclic) bond motifs is 2. The largest absolute Gasteiger partial charge is 0.399 e. The van der Waals surface area contributed by atoms with Gasteiger partial charge >= 0.3 is 0 Å². The van der Waals surface area contributed by atoms with E-state index in [1.54, 1.807) is 48.5 Å². The van der Waals surface area contributed by atoms with Crippen LogP contribution in [-0.2, 0) is 9.84 Å². The standard InChI is InChI=1S/C24H24N2O4S/c25-17-9-7-15-3-1-5-19(21(15)11-17)23(13-27)31(29,30)24(14-28)20-6-2-4-16-8-10-18(26)12-22(16)20/h1-12,23-24,27-28H,13-14,25-26H2. The van der Waals surface area contributed by atoms with Gasteiger partial charge in [-0.1, -0.05) is 48.5 Å². The van der Waals surface area contributed by atoms with Crippen LogP contribution in [0.1, 0.15) is 21.6 Å². The predicted molar refractivity (Wildman–Crippen MR) is 125 cm³/mol. The summed E-state index contributed by atoms with van der Waals surface area (Å²) in [5, 5.41) is 20.9. The molecule has 0 aliphatic heterocycles. The highest BCUT2D eigenvalue weighted by Gasteiger charge is 2.37. The van der Waals surface area contributed by atoms with Crippen LogP contribution in [0.5, 0.6) is 0 Å². The molecule has 0 fully saturated rings. The summed E-state index contributed by atoms with van der Waals surface area (Å²) < 4.78 is 27.5. The second-order valence-electron chi connectivity index (χ2n) is 7.59. The molecule has 4 aromatic rings. The van der Waals surface area contributed by atoms with Gasteiger partial charge in [0.25, 0.3) is 0 Å². The third-order valence-corrected chi connectivity index (χ3v) is 8.09. The number of anilines is 2. The summed E-state index contributed by atoms with van der Waals surface area (Å²) in [6.07, 6.45) is 0. The third-order valence-electron chi connectivity index (χ3n) is 5.70. The lowest BCUT2D eigenvalue weighted by Crippen LogP contribution is -2.26. The number of benzene rings is 4. The first-order valence-corrected chi connectivity index (χ1v) is 11.5. The van der Waals surface area contributed by atoms with Crippen molar-refractivity contribution in [3.05, 3.63) is 83.9 Å². The number of nitrogens with two attached hydrogens (primary N) is 2. The summed E-state index contributed by atoms with van der Waals surface area (Å²) in [4.78, 5) is 0. The normalized spacial score (nSPS) is 14.0. The number of hydrogen-bond acceptors (Lipinski definition) is 6. The van der Waals surface area contributed by atoms with Gasteiger partial charge in [-0.15, -0.1) is 0 Å². The van der Waals surface area contributed by atoms with Crippen LogP contribution in [0.25, 0.3) is 21.5 Å². The number of nitrogen functional groups attached to an aromatic ring is 2.